The van der Waals surface area contributed by atoms with Gasteiger partial charge in [0.1, 0.15) is 12.9 Å². The maximum atomic E-state index is 4.56. The van der Waals surface area contributed by atoms with Gasteiger partial charge in [0.05, 0.1) is 0 Å². The normalized spacial score (nSPS) is 11.8. The standard InChI is InChI=1S/C19H30N6/c1-5-20-19(22-13-18-24-23-14-25(18)4)21-12-6-7-16-8-10-17(11-9-16)15(2)3/h8-11,14-15H,5-7,12-13H2,1-4H3,(H2,20,21,22). The van der Waals surface area contributed by atoms with Crippen molar-refractivity contribution in [3.05, 3.63) is 47.5 Å². The van der Waals surface area contributed by atoms with Gasteiger partial charge in [-0.1, -0.05) is 38.1 Å². The van der Waals surface area contributed by atoms with Gasteiger partial charge in [0.2, 0.25) is 0 Å². The molecule has 1 heterocycles. The fourth-order valence-electron chi connectivity index (χ4n) is 2.51. The monoisotopic (exact) mass is 342 g/mol. The molecule has 0 aliphatic heterocycles. The maximum Gasteiger partial charge on any atom is 0.191 e. The van der Waals surface area contributed by atoms with Gasteiger partial charge >= 0.3 is 0 Å². The van der Waals surface area contributed by atoms with Gasteiger partial charge in [-0.05, 0) is 36.8 Å². The Morgan fingerprint density at radius 3 is 2.56 bits per heavy atom. The van der Waals surface area contributed by atoms with Crippen LogP contribution < -0.4 is 10.6 Å². The molecule has 6 nitrogen and oxygen atoms in total. The first kappa shape index (κ1) is 19.0. The Bertz CT molecular complexity index is 657. The van der Waals surface area contributed by atoms with Gasteiger partial charge in [0, 0.05) is 20.1 Å². The van der Waals surface area contributed by atoms with Crippen molar-refractivity contribution in [3.63, 3.8) is 0 Å². The lowest BCUT2D eigenvalue weighted by atomic mass is 10.0. The second-order valence-electron chi connectivity index (χ2n) is 6.48. The molecule has 0 aliphatic rings. The third-order valence-electron chi connectivity index (χ3n) is 4.11. The van der Waals surface area contributed by atoms with Crippen LogP contribution in [0.4, 0.5) is 0 Å². The quantitative estimate of drug-likeness (QED) is 0.440. The Morgan fingerprint density at radius 2 is 1.96 bits per heavy atom. The van der Waals surface area contributed by atoms with E-state index >= 15 is 0 Å². The first-order chi connectivity index (χ1) is 12.1. The Hall–Kier alpha value is -2.37. The van der Waals surface area contributed by atoms with Gasteiger partial charge in [-0.3, -0.25) is 0 Å². The average Bonchev–Trinajstić information content (AvgIpc) is 3.02. The molecule has 2 rings (SSSR count). The van der Waals surface area contributed by atoms with Crippen molar-refractivity contribution in [2.24, 2.45) is 12.0 Å². The van der Waals surface area contributed by atoms with Crippen LogP contribution in [-0.4, -0.2) is 33.8 Å². The number of benzene rings is 1. The lowest BCUT2D eigenvalue weighted by Crippen LogP contribution is -2.37. The summed E-state index contributed by atoms with van der Waals surface area (Å²) in [6.45, 7) is 8.75. The van der Waals surface area contributed by atoms with Crippen LogP contribution in [0.3, 0.4) is 0 Å². The largest absolute Gasteiger partial charge is 0.357 e. The van der Waals surface area contributed by atoms with Crippen molar-refractivity contribution in [3.8, 4) is 0 Å². The van der Waals surface area contributed by atoms with Crippen molar-refractivity contribution in [1.82, 2.24) is 25.4 Å². The number of nitrogens with one attached hydrogen (secondary N) is 2. The van der Waals surface area contributed by atoms with E-state index in [1.54, 1.807) is 6.33 Å². The van der Waals surface area contributed by atoms with Gasteiger partial charge in [0.15, 0.2) is 11.8 Å². The summed E-state index contributed by atoms with van der Waals surface area (Å²) in [6, 6.07) is 8.95. The minimum atomic E-state index is 0.516. The molecule has 2 N–H and O–H groups in total. The summed E-state index contributed by atoms with van der Waals surface area (Å²) in [4.78, 5) is 4.56. The van der Waals surface area contributed by atoms with Crippen molar-refractivity contribution in [2.45, 2.75) is 46.1 Å². The molecule has 0 saturated heterocycles. The zero-order valence-electron chi connectivity index (χ0n) is 15.8. The van der Waals surface area contributed by atoms with Crippen LogP contribution in [0.15, 0.2) is 35.6 Å². The number of hydrogen-bond donors (Lipinski definition) is 2. The third kappa shape index (κ3) is 6.21. The van der Waals surface area contributed by atoms with Crippen LogP contribution in [0.5, 0.6) is 0 Å². The predicted molar refractivity (Wildman–Crippen MR) is 103 cm³/mol. The summed E-state index contributed by atoms with van der Waals surface area (Å²) < 4.78 is 1.88. The smallest absolute Gasteiger partial charge is 0.191 e. The van der Waals surface area contributed by atoms with E-state index in [0.29, 0.717) is 12.5 Å². The van der Waals surface area contributed by atoms with E-state index in [1.807, 2.05) is 11.6 Å². The molecule has 0 atom stereocenters. The third-order valence-corrected chi connectivity index (χ3v) is 4.11. The molecule has 2 aromatic rings. The number of nitrogens with zero attached hydrogens (tertiary/aromatic N) is 4. The van der Waals surface area contributed by atoms with E-state index in [2.05, 4.69) is 70.9 Å². The molecule has 0 fully saturated rings. The SMILES string of the molecule is CCNC(=NCc1nncn1C)NCCCc1ccc(C(C)C)cc1. The van der Waals surface area contributed by atoms with E-state index in [9.17, 15) is 0 Å². The summed E-state index contributed by atoms with van der Waals surface area (Å²) in [5, 5.41) is 14.6. The molecule has 0 aliphatic carbocycles. The topological polar surface area (TPSA) is 67.1 Å². The Labute approximate surface area is 150 Å². The minimum Gasteiger partial charge on any atom is -0.357 e. The van der Waals surface area contributed by atoms with Gasteiger partial charge < -0.3 is 15.2 Å². The molecule has 6 heteroatoms. The zero-order valence-corrected chi connectivity index (χ0v) is 15.8. The number of aryl methyl sites for hydroxylation is 2. The molecule has 0 spiro atoms. The van der Waals surface area contributed by atoms with Crippen molar-refractivity contribution >= 4 is 5.96 Å². The zero-order chi connectivity index (χ0) is 18.1. The second kappa shape index (κ2) is 9.81. The summed E-state index contributed by atoms with van der Waals surface area (Å²) in [6.07, 6.45) is 3.82. The Morgan fingerprint density at radius 1 is 1.20 bits per heavy atom. The molecule has 0 saturated carbocycles. The number of rotatable bonds is 8. The molecule has 0 amide bonds. The number of guanidine groups is 1. The van der Waals surface area contributed by atoms with Crippen LogP contribution in [0.2, 0.25) is 0 Å². The van der Waals surface area contributed by atoms with Gasteiger partial charge in [-0.25, -0.2) is 4.99 Å². The van der Waals surface area contributed by atoms with Crippen LogP contribution >= 0.6 is 0 Å². The average molecular weight is 342 g/mol. The molecule has 136 valence electrons. The molecule has 0 unspecified atom stereocenters. The highest BCUT2D eigenvalue weighted by molar-refractivity contribution is 5.79. The number of aliphatic imine (C=N–C) groups is 1. The van der Waals surface area contributed by atoms with Crippen molar-refractivity contribution in [2.75, 3.05) is 13.1 Å². The number of aromatic nitrogens is 3. The van der Waals surface area contributed by atoms with Gasteiger partial charge in [-0.15, -0.1) is 10.2 Å². The molecule has 0 bridgehead atoms. The first-order valence-corrected chi connectivity index (χ1v) is 9.04. The molecular formula is C19H30N6. The lowest BCUT2D eigenvalue weighted by Gasteiger charge is -2.11. The summed E-state index contributed by atoms with van der Waals surface area (Å²) in [5.74, 6) is 2.26. The van der Waals surface area contributed by atoms with E-state index in [4.69, 9.17) is 0 Å². The minimum absolute atomic E-state index is 0.516. The van der Waals surface area contributed by atoms with Crippen LogP contribution in [-0.2, 0) is 20.0 Å². The van der Waals surface area contributed by atoms with Crippen LogP contribution in [0, 0.1) is 0 Å². The molecule has 1 aromatic heterocycles. The predicted octanol–water partition coefficient (Wildman–Crippen LogP) is 2.63. The fraction of sp³-hybridized carbons (Fsp3) is 0.526. The molecule has 1 aromatic carbocycles. The first-order valence-electron chi connectivity index (χ1n) is 9.04. The second-order valence-corrected chi connectivity index (χ2v) is 6.48. The van der Waals surface area contributed by atoms with Crippen LogP contribution in [0.25, 0.3) is 0 Å². The molecule has 0 radical (unpaired) electrons. The highest BCUT2D eigenvalue weighted by Crippen LogP contribution is 2.15. The van der Waals surface area contributed by atoms with Crippen molar-refractivity contribution in [1.29, 1.82) is 0 Å². The highest BCUT2D eigenvalue weighted by Gasteiger charge is 2.02. The highest BCUT2D eigenvalue weighted by atomic mass is 15.3. The van der Waals surface area contributed by atoms with Crippen LogP contribution in [0.1, 0.15) is 50.1 Å². The Kier molecular flexibility index (Phi) is 7.44. The maximum absolute atomic E-state index is 4.56. The summed E-state index contributed by atoms with van der Waals surface area (Å²) in [5.41, 5.74) is 2.78. The fourth-order valence-corrected chi connectivity index (χ4v) is 2.51. The van der Waals surface area contributed by atoms with E-state index in [-0.39, 0.29) is 0 Å². The van der Waals surface area contributed by atoms with Gasteiger partial charge in [0.25, 0.3) is 0 Å². The lowest BCUT2D eigenvalue weighted by molar-refractivity contribution is 0.733. The number of hydrogen-bond acceptors (Lipinski definition) is 3. The Balaban J connectivity index is 1.78. The summed E-state index contributed by atoms with van der Waals surface area (Å²) in [7, 11) is 1.93. The van der Waals surface area contributed by atoms with Gasteiger partial charge in [-0.2, -0.15) is 0 Å². The van der Waals surface area contributed by atoms with E-state index in [1.165, 1.54) is 11.1 Å². The van der Waals surface area contributed by atoms with Crippen molar-refractivity contribution < 1.29 is 0 Å². The molecule has 25 heavy (non-hydrogen) atoms. The van der Waals surface area contributed by atoms with E-state index in [0.717, 1.165) is 37.7 Å². The molecular weight excluding hydrogens is 312 g/mol. The summed E-state index contributed by atoms with van der Waals surface area (Å²) >= 11 is 0. The van der Waals surface area contributed by atoms with E-state index < -0.39 is 0 Å².